The number of nitrogens with one attached hydrogen (secondary N) is 1. The van der Waals surface area contributed by atoms with Crippen molar-refractivity contribution in [2.45, 2.75) is 51.7 Å². The summed E-state index contributed by atoms with van der Waals surface area (Å²) in [5.74, 6) is 1.66. The van der Waals surface area contributed by atoms with Crippen LogP contribution in [0.4, 0.5) is 0 Å². The van der Waals surface area contributed by atoms with Crippen molar-refractivity contribution in [3.05, 3.63) is 42.0 Å². The number of carbonyl (C=O) groups is 1. The highest BCUT2D eigenvalue weighted by Gasteiger charge is 2.54. The van der Waals surface area contributed by atoms with Crippen LogP contribution in [0.1, 0.15) is 44.6 Å². The molecule has 4 nitrogen and oxygen atoms in total. The summed E-state index contributed by atoms with van der Waals surface area (Å²) >= 11 is 0. The van der Waals surface area contributed by atoms with Crippen molar-refractivity contribution in [2.75, 3.05) is 13.7 Å². The number of esters is 1. The zero-order valence-electron chi connectivity index (χ0n) is 16.5. The number of hydrogen-bond acceptors (Lipinski definition) is 4. The number of allylic oxidation sites excluding steroid dienone is 1. The Labute approximate surface area is 162 Å². The Bertz CT molecular complexity index is 730. The minimum absolute atomic E-state index is 0.0228. The highest BCUT2D eigenvalue weighted by atomic mass is 16.6. The lowest BCUT2D eigenvalue weighted by Crippen LogP contribution is -2.45. The molecule has 3 aliphatic rings. The van der Waals surface area contributed by atoms with Crippen LogP contribution in [0.25, 0.3) is 0 Å². The lowest BCUT2D eigenvalue weighted by Gasteiger charge is -2.50. The van der Waals surface area contributed by atoms with Gasteiger partial charge in [0.1, 0.15) is 11.9 Å². The van der Waals surface area contributed by atoms with E-state index < -0.39 is 0 Å². The number of ether oxygens (including phenoxy) is 2. The van der Waals surface area contributed by atoms with E-state index in [0.29, 0.717) is 24.9 Å². The Morgan fingerprint density at radius 2 is 2.19 bits per heavy atom. The van der Waals surface area contributed by atoms with Gasteiger partial charge in [-0.2, -0.15) is 0 Å². The second-order valence-corrected chi connectivity index (χ2v) is 8.85. The molecule has 1 heterocycles. The molecule has 0 unspecified atom stereocenters. The van der Waals surface area contributed by atoms with E-state index in [0.717, 1.165) is 30.6 Å². The quantitative estimate of drug-likeness (QED) is 0.627. The molecule has 1 saturated heterocycles. The van der Waals surface area contributed by atoms with Crippen molar-refractivity contribution in [1.29, 1.82) is 0 Å². The maximum atomic E-state index is 12.6. The van der Waals surface area contributed by atoms with Crippen LogP contribution in [0.5, 0.6) is 5.75 Å². The first kappa shape index (κ1) is 18.5. The van der Waals surface area contributed by atoms with Crippen molar-refractivity contribution < 1.29 is 14.3 Å². The predicted molar refractivity (Wildman–Crippen MR) is 105 cm³/mol. The smallest absolute Gasteiger partial charge is 0.310 e. The van der Waals surface area contributed by atoms with E-state index >= 15 is 0 Å². The highest BCUT2D eigenvalue weighted by Crippen LogP contribution is 2.56. The van der Waals surface area contributed by atoms with Crippen LogP contribution >= 0.6 is 0 Å². The topological polar surface area (TPSA) is 47.6 Å². The molecule has 1 aromatic carbocycles. The fourth-order valence-electron chi connectivity index (χ4n) is 5.70. The predicted octanol–water partition coefficient (Wildman–Crippen LogP) is 4.10. The third kappa shape index (κ3) is 3.40. The summed E-state index contributed by atoms with van der Waals surface area (Å²) in [6, 6.07) is 8.00. The van der Waals surface area contributed by atoms with Crippen LogP contribution in [0.3, 0.4) is 0 Å². The Morgan fingerprint density at radius 1 is 1.37 bits per heavy atom. The molecule has 0 spiro atoms. The lowest BCUT2D eigenvalue weighted by atomic mass is 9.55. The van der Waals surface area contributed by atoms with Gasteiger partial charge in [-0.15, -0.1) is 0 Å². The normalized spacial score (nSPS) is 35.3. The number of para-hydroxylation sites is 1. The van der Waals surface area contributed by atoms with Gasteiger partial charge in [0, 0.05) is 24.6 Å². The molecule has 0 amide bonds. The summed E-state index contributed by atoms with van der Waals surface area (Å²) in [6.07, 6.45) is 5.73. The Morgan fingerprint density at radius 3 is 3.00 bits per heavy atom. The molecule has 2 saturated carbocycles. The van der Waals surface area contributed by atoms with Gasteiger partial charge >= 0.3 is 5.97 Å². The molecular weight excluding hydrogens is 338 g/mol. The zero-order valence-corrected chi connectivity index (χ0v) is 16.5. The molecule has 5 atom stereocenters. The standard InChI is InChI=1S/C23H31NO3/c1-15-7-6-10-23(2)12-21-17(11-19(15)23)18(22(25)27-21)14-24-13-16-8-4-5-9-20(16)26-3/h4-5,8-9,17-19,21,24H,1,6-7,10-14H2,2-3H3/t17-,18-,19+,21+,23-/m0/s1. The number of fused-ring (bicyclic) bond motifs is 2. The number of carbonyl (C=O) groups excluding carboxylic acids is 1. The first-order valence-corrected chi connectivity index (χ1v) is 10.2. The third-order valence-electron chi connectivity index (χ3n) is 7.19. The van der Waals surface area contributed by atoms with E-state index in [4.69, 9.17) is 9.47 Å². The maximum Gasteiger partial charge on any atom is 0.310 e. The number of methoxy groups -OCH3 is 1. The second kappa shape index (κ2) is 7.31. The van der Waals surface area contributed by atoms with Crippen molar-refractivity contribution in [3.8, 4) is 5.75 Å². The van der Waals surface area contributed by atoms with Crippen LogP contribution < -0.4 is 10.1 Å². The average molecular weight is 370 g/mol. The molecule has 4 rings (SSSR count). The maximum absolute atomic E-state index is 12.6. The van der Waals surface area contributed by atoms with Crippen LogP contribution in [-0.4, -0.2) is 25.7 Å². The molecular formula is C23H31NO3. The van der Waals surface area contributed by atoms with E-state index in [1.165, 1.54) is 18.4 Å². The van der Waals surface area contributed by atoms with Gasteiger partial charge < -0.3 is 14.8 Å². The van der Waals surface area contributed by atoms with Crippen LogP contribution in [0.15, 0.2) is 36.4 Å². The first-order valence-electron chi connectivity index (χ1n) is 10.2. The largest absolute Gasteiger partial charge is 0.496 e. The molecule has 1 aliphatic heterocycles. The Kier molecular flexibility index (Phi) is 5.02. The van der Waals surface area contributed by atoms with Gasteiger partial charge in [-0.1, -0.05) is 37.3 Å². The van der Waals surface area contributed by atoms with Crippen molar-refractivity contribution in [3.63, 3.8) is 0 Å². The molecule has 2 aliphatic carbocycles. The number of hydrogen-bond donors (Lipinski definition) is 1. The summed E-state index contributed by atoms with van der Waals surface area (Å²) < 4.78 is 11.3. The monoisotopic (exact) mass is 369 g/mol. The second-order valence-electron chi connectivity index (χ2n) is 8.85. The summed E-state index contributed by atoms with van der Waals surface area (Å²) in [6.45, 7) is 8.10. The minimum atomic E-state index is -0.0519. The first-order chi connectivity index (χ1) is 13.0. The minimum Gasteiger partial charge on any atom is -0.496 e. The summed E-state index contributed by atoms with van der Waals surface area (Å²) in [5.41, 5.74) is 2.76. The van der Waals surface area contributed by atoms with Gasteiger partial charge in [0.2, 0.25) is 0 Å². The van der Waals surface area contributed by atoms with Gasteiger partial charge in [0.15, 0.2) is 0 Å². The SMILES string of the molecule is C=C1CCC[C@@]2(C)C[C@H]3OC(=O)[C@@H](CNCc4ccccc4OC)[C@@H]3C[C@H]12. The van der Waals surface area contributed by atoms with E-state index in [1.54, 1.807) is 7.11 Å². The van der Waals surface area contributed by atoms with E-state index in [1.807, 2.05) is 18.2 Å². The lowest BCUT2D eigenvalue weighted by molar-refractivity contribution is -0.146. The van der Waals surface area contributed by atoms with E-state index in [9.17, 15) is 4.79 Å². The van der Waals surface area contributed by atoms with Gasteiger partial charge in [0.25, 0.3) is 0 Å². The fraction of sp³-hybridized carbons (Fsp3) is 0.609. The van der Waals surface area contributed by atoms with Crippen LogP contribution in [0, 0.1) is 23.2 Å². The molecule has 0 radical (unpaired) electrons. The van der Waals surface area contributed by atoms with Gasteiger partial charge in [0.05, 0.1) is 13.0 Å². The van der Waals surface area contributed by atoms with Crippen molar-refractivity contribution in [2.24, 2.45) is 23.2 Å². The molecule has 1 N–H and O–H groups in total. The number of rotatable bonds is 5. The van der Waals surface area contributed by atoms with Crippen molar-refractivity contribution >= 4 is 5.97 Å². The summed E-state index contributed by atoms with van der Waals surface area (Å²) in [7, 11) is 1.69. The van der Waals surface area contributed by atoms with E-state index in [-0.39, 0.29) is 23.4 Å². The van der Waals surface area contributed by atoms with Crippen LogP contribution in [0.2, 0.25) is 0 Å². The highest BCUT2D eigenvalue weighted by molar-refractivity contribution is 5.75. The Hall–Kier alpha value is -1.81. The van der Waals surface area contributed by atoms with E-state index in [2.05, 4.69) is 24.9 Å². The third-order valence-corrected chi connectivity index (χ3v) is 7.19. The summed E-state index contributed by atoms with van der Waals surface area (Å²) in [4.78, 5) is 12.6. The number of benzene rings is 1. The average Bonchev–Trinajstić information content (AvgIpc) is 2.94. The van der Waals surface area contributed by atoms with Gasteiger partial charge in [-0.25, -0.2) is 0 Å². The molecule has 146 valence electrons. The zero-order chi connectivity index (χ0) is 19.0. The Balaban J connectivity index is 1.42. The molecule has 1 aromatic rings. The molecule has 0 bridgehead atoms. The van der Waals surface area contributed by atoms with Crippen LogP contribution in [-0.2, 0) is 16.1 Å². The molecule has 4 heteroatoms. The van der Waals surface area contributed by atoms with Crippen molar-refractivity contribution in [1.82, 2.24) is 5.32 Å². The molecule has 3 fully saturated rings. The summed E-state index contributed by atoms with van der Waals surface area (Å²) in [5, 5.41) is 3.47. The molecule has 27 heavy (non-hydrogen) atoms. The molecule has 0 aromatic heterocycles. The van der Waals surface area contributed by atoms with Gasteiger partial charge in [-0.3, -0.25) is 4.79 Å². The van der Waals surface area contributed by atoms with Gasteiger partial charge in [-0.05, 0) is 49.5 Å². The fourth-order valence-corrected chi connectivity index (χ4v) is 5.70.